The SMILES string of the molecule is Cc1oc(-c2ccc(CC(C)C)cc2)nc1C(=O)O. The smallest absolute Gasteiger partial charge is 0.358 e. The van der Waals surface area contributed by atoms with Crippen molar-refractivity contribution in [2.24, 2.45) is 5.92 Å². The summed E-state index contributed by atoms with van der Waals surface area (Å²) in [5, 5.41) is 8.95. The summed E-state index contributed by atoms with van der Waals surface area (Å²) in [6.07, 6.45) is 1.02. The fourth-order valence-electron chi connectivity index (χ4n) is 1.97. The average Bonchev–Trinajstić information content (AvgIpc) is 2.71. The van der Waals surface area contributed by atoms with Crippen molar-refractivity contribution in [1.29, 1.82) is 0 Å². The summed E-state index contributed by atoms with van der Waals surface area (Å²) >= 11 is 0. The molecule has 1 heterocycles. The van der Waals surface area contributed by atoms with Crippen LogP contribution in [0, 0.1) is 12.8 Å². The van der Waals surface area contributed by atoms with Crippen LogP contribution in [-0.4, -0.2) is 16.1 Å². The Bertz CT molecular complexity index is 582. The highest BCUT2D eigenvalue weighted by atomic mass is 16.4. The van der Waals surface area contributed by atoms with Crippen molar-refractivity contribution >= 4 is 5.97 Å². The van der Waals surface area contributed by atoms with Crippen molar-refractivity contribution < 1.29 is 14.3 Å². The van der Waals surface area contributed by atoms with E-state index in [2.05, 4.69) is 18.8 Å². The second-order valence-corrected chi connectivity index (χ2v) is 5.02. The van der Waals surface area contributed by atoms with E-state index in [1.54, 1.807) is 6.92 Å². The Morgan fingerprint density at radius 3 is 2.42 bits per heavy atom. The summed E-state index contributed by atoms with van der Waals surface area (Å²) in [6, 6.07) is 7.87. The van der Waals surface area contributed by atoms with Crippen molar-refractivity contribution in [2.75, 3.05) is 0 Å². The fourth-order valence-corrected chi connectivity index (χ4v) is 1.97. The molecule has 2 rings (SSSR count). The van der Waals surface area contributed by atoms with Crippen LogP contribution in [-0.2, 0) is 6.42 Å². The van der Waals surface area contributed by atoms with E-state index in [9.17, 15) is 4.79 Å². The predicted molar refractivity (Wildman–Crippen MR) is 72.2 cm³/mol. The topological polar surface area (TPSA) is 63.3 Å². The molecule has 0 fully saturated rings. The van der Waals surface area contributed by atoms with E-state index in [0.29, 0.717) is 17.6 Å². The maximum absolute atomic E-state index is 10.9. The largest absolute Gasteiger partial charge is 0.476 e. The van der Waals surface area contributed by atoms with Crippen LogP contribution < -0.4 is 0 Å². The zero-order valence-electron chi connectivity index (χ0n) is 11.3. The Morgan fingerprint density at radius 1 is 1.32 bits per heavy atom. The molecular formula is C15H17NO3. The van der Waals surface area contributed by atoms with Gasteiger partial charge in [0, 0.05) is 5.56 Å². The molecular weight excluding hydrogens is 242 g/mol. The first-order valence-corrected chi connectivity index (χ1v) is 6.27. The van der Waals surface area contributed by atoms with Gasteiger partial charge in [-0.05, 0) is 37.0 Å². The first-order valence-electron chi connectivity index (χ1n) is 6.27. The number of rotatable bonds is 4. The summed E-state index contributed by atoms with van der Waals surface area (Å²) < 4.78 is 5.39. The summed E-state index contributed by atoms with van der Waals surface area (Å²) in [5.41, 5.74) is 2.02. The lowest BCUT2D eigenvalue weighted by atomic mass is 10.0. The number of oxazole rings is 1. The Kier molecular flexibility index (Phi) is 3.69. The average molecular weight is 259 g/mol. The monoisotopic (exact) mass is 259 g/mol. The van der Waals surface area contributed by atoms with Crippen molar-refractivity contribution in [3.8, 4) is 11.5 Å². The molecule has 0 aliphatic carbocycles. The molecule has 0 aliphatic rings. The lowest BCUT2D eigenvalue weighted by Gasteiger charge is -2.04. The van der Waals surface area contributed by atoms with E-state index in [-0.39, 0.29) is 5.69 Å². The number of carboxylic acids is 1. The van der Waals surface area contributed by atoms with Gasteiger partial charge in [-0.1, -0.05) is 26.0 Å². The molecule has 19 heavy (non-hydrogen) atoms. The summed E-state index contributed by atoms with van der Waals surface area (Å²) in [4.78, 5) is 14.9. The van der Waals surface area contributed by atoms with Crippen LogP contribution in [0.2, 0.25) is 0 Å². The van der Waals surface area contributed by atoms with Gasteiger partial charge in [0.2, 0.25) is 5.89 Å². The second-order valence-electron chi connectivity index (χ2n) is 5.02. The first-order chi connectivity index (χ1) is 8.97. The molecule has 1 aromatic heterocycles. The summed E-state index contributed by atoms with van der Waals surface area (Å²) in [7, 11) is 0. The number of carboxylic acid groups (broad SMARTS) is 1. The molecule has 0 spiro atoms. The number of aryl methyl sites for hydroxylation is 1. The van der Waals surface area contributed by atoms with Crippen molar-refractivity contribution in [3.05, 3.63) is 41.3 Å². The van der Waals surface area contributed by atoms with Gasteiger partial charge in [0.25, 0.3) is 0 Å². The highest BCUT2D eigenvalue weighted by Gasteiger charge is 2.16. The van der Waals surface area contributed by atoms with Crippen LogP contribution in [0.3, 0.4) is 0 Å². The van der Waals surface area contributed by atoms with Crippen LogP contribution >= 0.6 is 0 Å². The van der Waals surface area contributed by atoms with Crippen molar-refractivity contribution in [3.63, 3.8) is 0 Å². The molecule has 0 amide bonds. The molecule has 0 unspecified atom stereocenters. The molecule has 4 nitrogen and oxygen atoms in total. The number of hydrogen-bond acceptors (Lipinski definition) is 3. The molecule has 2 aromatic rings. The molecule has 1 aromatic carbocycles. The van der Waals surface area contributed by atoms with Gasteiger partial charge in [0.05, 0.1) is 0 Å². The predicted octanol–water partition coefficient (Wildman–Crippen LogP) is 3.55. The Morgan fingerprint density at radius 2 is 1.95 bits per heavy atom. The molecule has 0 aliphatic heterocycles. The first kappa shape index (κ1) is 13.3. The van der Waals surface area contributed by atoms with Crippen LogP contribution in [0.5, 0.6) is 0 Å². The van der Waals surface area contributed by atoms with E-state index in [1.807, 2.05) is 24.3 Å². The second kappa shape index (κ2) is 5.26. The van der Waals surface area contributed by atoms with Gasteiger partial charge >= 0.3 is 5.97 Å². The normalized spacial score (nSPS) is 10.9. The summed E-state index contributed by atoms with van der Waals surface area (Å²) in [6.45, 7) is 5.95. The standard InChI is InChI=1S/C15H17NO3/c1-9(2)8-11-4-6-12(7-5-11)14-16-13(15(17)18)10(3)19-14/h4-7,9H,8H2,1-3H3,(H,17,18). The highest BCUT2D eigenvalue weighted by Crippen LogP contribution is 2.22. The molecule has 0 saturated carbocycles. The Hall–Kier alpha value is -2.10. The molecule has 0 bridgehead atoms. The number of hydrogen-bond donors (Lipinski definition) is 1. The Labute approximate surface area is 112 Å². The van der Waals surface area contributed by atoms with Gasteiger partial charge in [0.15, 0.2) is 5.69 Å². The molecule has 100 valence electrons. The van der Waals surface area contributed by atoms with E-state index in [4.69, 9.17) is 9.52 Å². The minimum absolute atomic E-state index is 0.0266. The van der Waals surface area contributed by atoms with Crippen LogP contribution in [0.4, 0.5) is 0 Å². The lowest BCUT2D eigenvalue weighted by Crippen LogP contribution is -1.98. The van der Waals surface area contributed by atoms with Gasteiger partial charge in [-0.25, -0.2) is 9.78 Å². The fraction of sp³-hybridized carbons (Fsp3) is 0.333. The molecule has 0 atom stereocenters. The third-order valence-electron chi connectivity index (χ3n) is 2.84. The maximum atomic E-state index is 10.9. The van der Waals surface area contributed by atoms with Crippen molar-refractivity contribution in [2.45, 2.75) is 27.2 Å². The summed E-state index contributed by atoms with van der Waals surface area (Å²) in [5.74, 6) is 0.220. The minimum atomic E-state index is -1.07. The van der Waals surface area contributed by atoms with Gasteiger partial charge in [-0.15, -0.1) is 0 Å². The lowest BCUT2D eigenvalue weighted by molar-refractivity contribution is 0.0689. The number of carbonyl (C=O) groups is 1. The van der Waals surface area contributed by atoms with Gasteiger partial charge < -0.3 is 9.52 Å². The number of aromatic nitrogens is 1. The Balaban J connectivity index is 2.27. The number of benzene rings is 1. The van der Waals surface area contributed by atoms with Crippen LogP contribution in [0.15, 0.2) is 28.7 Å². The third-order valence-corrected chi connectivity index (χ3v) is 2.84. The van der Waals surface area contributed by atoms with Crippen LogP contribution in [0.1, 0.15) is 35.7 Å². The van der Waals surface area contributed by atoms with Crippen LogP contribution in [0.25, 0.3) is 11.5 Å². The third kappa shape index (κ3) is 3.02. The van der Waals surface area contributed by atoms with E-state index >= 15 is 0 Å². The minimum Gasteiger partial charge on any atom is -0.476 e. The number of aromatic carboxylic acids is 1. The zero-order valence-corrected chi connectivity index (χ0v) is 11.3. The molecule has 0 radical (unpaired) electrons. The number of nitrogens with zero attached hydrogens (tertiary/aromatic N) is 1. The molecule has 1 N–H and O–H groups in total. The quantitative estimate of drug-likeness (QED) is 0.912. The maximum Gasteiger partial charge on any atom is 0.358 e. The van der Waals surface area contributed by atoms with E-state index in [0.717, 1.165) is 12.0 Å². The van der Waals surface area contributed by atoms with E-state index in [1.165, 1.54) is 5.56 Å². The highest BCUT2D eigenvalue weighted by molar-refractivity contribution is 5.87. The molecule has 4 heteroatoms. The van der Waals surface area contributed by atoms with Gasteiger partial charge in [-0.3, -0.25) is 0 Å². The molecule has 0 saturated heterocycles. The van der Waals surface area contributed by atoms with Crippen molar-refractivity contribution in [1.82, 2.24) is 4.98 Å². The van der Waals surface area contributed by atoms with Gasteiger partial charge in [-0.2, -0.15) is 0 Å². The van der Waals surface area contributed by atoms with Gasteiger partial charge in [0.1, 0.15) is 5.76 Å². The zero-order chi connectivity index (χ0) is 14.0. The van der Waals surface area contributed by atoms with E-state index < -0.39 is 5.97 Å².